The minimum atomic E-state index is -0.393. The topological polar surface area (TPSA) is 26.3 Å². The van der Waals surface area contributed by atoms with Gasteiger partial charge < -0.3 is 4.74 Å². The van der Waals surface area contributed by atoms with Gasteiger partial charge in [0.25, 0.3) is 0 Å². The maximum Gasteiger partial charge on any atom is 0.196 e. The Kier molecular flexibility index (Phi) is 3.22. The molecule has 2 aromatic carbocycles. The zero-order valence-electron chi connectivity index (χ0n) is 10.9. The third-order valence-electron chi connectivity index (χ3n) is 3.43. The van der Waals surface area contributed by atoms with Crippen molar-refractivity contribution >= 4 is 17.4 Å². The van der Waals surface area contributed by atoms with Gasteiger partial charge in [0.2, 0.25) is 0 Å². The lowest BCUT2D eigenvalue weighted by Crippen LogP contribution is -2.05. The van der Waals surface area contributed by atoms with Crippen LogP contribution >= 0.6 is 11.6 Å². The van der Waals surface area contributed by atoms with Crippen LogP contribution in [0.2, 0.25) is 5.02 Å². The maximum atomic E-state index is 13.6. The fraction of sp³-hybridized carbons (Fsp3) is 0.188. The average molecular weight is 291 g/mol. The van der Waals surface area contributed by atoms with Gasteiger partial charge in [-0.15, -0.1) is 0 Å². The number of fused-ring (bicyclic) bond motifs is 1. The molecule has 0 amide bonds. The second-order valence-electron chi connectivity index (χ2n) is 4.83. The van der Waals surface area contributed by atoms with Crippen molar-refractivity contribution in [3.63, 3.8) is 0 Å². The Labute approximate surface area is 121 Å². The molecule has 0 radical (unpaired) electrons. The smallest absolute Gasteiger partial charge is 0.196 e. The van der Waals surface area contributed by atoms with Crippen molar-refractivity contribution in [2.45, 2.75) is 13.3 Å². The Morgan fingerprint density at radius 3 is 2.85 bits per heavy atom. The second kappa shape index (κ2) is 4.91. The molecule has 102 valence electrons. The summed E-state index contributed by atoms with van der Waals surface area (Å²) < 4.78 is 19.1. The van der Waals surface area contributed by atoms with E-state index < -0.39 is 5.82 Å². The number of benzene rings is 2. The van der Waals surface area contributed by atoms with E-state index in [4.69, 9.17) is 16.3 Å². The number of halogens is 2. The zero-order valence-corrected chi connectivity index (χ0v) is 11.6. The van der Waals surface area contributed by atoms with Crippen LogP contribution in [-0.2, 0) is 6.42 Å². The molecular weight excluding hydrogens is 279 g/mol. The van der Waals surface area contributed by atoms with Crippen LogP contribution in [0, 0.1) is 12.7 Å². The van der Waals surface area contributed by atoms with Crippen LogP contribution in [0.25, 0.3) is 0 Å². The first-order chi connectivity index (χ1) is 9.56. The molecule has 0 bridgehead atoms. The molecule has 1 aliphatic rings. The van der Waals surface area contributed by atoms with Gasteiger partial charge in [-0.1, -0.05) is 23.7 Å². The van der Waals surface area contributed by atoms with Crippen molar-refractivity contribution < 1.29 is 13.9 Å². The third kappa shape index (κ3) is 2.18. The Hall–Kier alpha value is -1.87. The Bertz CT molecular complexity index is 710. The molecule has 0 unspecified atom stereocenters. The van der Waals surface area contributed by atoms with E-state index in [1.165, 1.54) is 6.07 Å². The van der Waals surface area contributed by atoms with Gasteiger partial charge in [-0.25, -0.2) is 4.39 Å². The highest BCUT2D eigenvalue weighted by atomic mass is 35.5. The molecule has 4 heteroatoms. The Morgan fingerprint density at radius 1 is 1.30 bits per heavy atom. The predicted molar refractivity (Wildman–Crippen MR) is 75.2 cm³/mol. The molecule has 0 saturated heterocycles. The molecule has 3 rings (SSSR count). The van der Waals surface area contributed by atoms with Crippen LogP contribution in [0.5, 0.6) is 5.75 Å². The number of carbonyl (C=O) groups excluding carboxylic acids is 1. The first-order valence-electron chi connectivity index (χ1n) is 6.32. The first-order valence-corrected chi connectivity index (χ1v) is 6.70. The van der Waals surface area contributed by atoms with Crippen molar-refractivity contribution in [2.75, 3.05) is 6.61 Å². The molecule has 0 aromatic heterocycles. The van der Waals surface area contributed by atoms with Crippen molar-refractivity contribution in [1.82, 2.24) is 0 Å². The van der Waals surface area contributed by atoms with Gasteiger partial charge in [-0.05, 0) is 36.2 Å². The summed E-state index contributed by atoms with van der Waals surface area (Å²) in [5.41, 5.74) is 2.13. The number of carbonyl (C=O) groups is 1. The molecule has 2 aromatic rings. The monoisotopic (exact) mass is 290 g/mol. The molecule has 2 nitrogen and oxygen atoms in total. The minimum Gasteiger partial charge on any atom is -0.492 e. The summed E-state index contributed by atoms with van der Waals surface area (Å²) >= 11 is 6.03. The Balaban J connectivity index is 2.09. The van der Waals surface area contributed by atoms with Crippen molar-refractivity contribution in [3.8, 4) is 5.75 Å². The summed E-state index contributed by atoms with van der Waals surface area (Å²) in [7, 11) is 0. The van der Waals surface area contributed by atoms with Gasteiger partial charge in [-0.3, -0.25) is 4.79 Å². The summed E-state index contributed by atoms with van der Waals surface area (Å²) in [6.45, 7) is 2.20. The SMILES string of the molecule is Cc1ccc(C(=O)c2cc(Cl)cc3c2OCC3)cc1F. The lowest BCUT2D eigenvalue weighted by Gasteiger charge is -2.09. The predicted octanol–water partition coefficient (Wildman–Crippen LogP) is 3.95. The van der Waals surface area contributed by atoms with E-state index in [0.717, 1.165) is 12.0 Å². The van der Waals surface area contributed by atoms with Gasteiger partial charge >= 0.3 is 0 Å². The summed E-state index contributed by atoms with van der Waals surface area (Å²) in [4.78, 5) is 12.5. The van der Waals surface area contributed by atoms with Crippen LogP contribution in [-0.4, -0.2) is 12.4 Å². The molecule has 0 saturated carbocycles. The van der Waals surface area contributed by atoms with Crippen molar-refractivity contribution in [2.24, 2.45) is 0 Å². The highest BCUT2D eigenvalue weighted by molar-refractivity contribution is 6.31. The summed E-state index contributed by atoms with van der Waals surface area (Å²) in [5.74, 6) is -0.0969. The maximum absolute atomic E-state index is 13.6. The number of hydrogen-bond donors (Lipinski definition) is 0. The molecule has 0 spiro atoms. The Morgan fingerprint density at radius 2 is 2.10 bits per heavy atom. The fourth-order valence-corrected chi connectivity index (χ4v) is 2.57. The summed E-state index contributed by atoms with van der Waals surface area (Å²) in [6, 6.07) is 7.83. The van der Waals surface area contributed by atoms with Crippen LogP contribution in [0.4, 0.5) is 4.39 Å². The molecule has 0 aliphatic carbocycles. The number of ketones is 1. The van der Waals surface area contributed by atoms with E-state index in [1.807, 2.05) is 0 Å². The van der Waals surface area contributed by atoms with Gasteiger partial charge in [-0.2, -0.15) is 0 Å². The van der Waals surface area contributed by atoms with Crippen molar-refractivity contribution in [3.05, 3.63) is 63.4 Å². The van der Waals surface area contributed by atoms with E-state index in [0.29, 0.717) is 34.1 Å². The van der Waals surface area contributed by atoms with Crippen LogP contribution in [0.3, 0.4) is 0 Å². The third-order valence-corrected chi connectivity index (χ3v) is 3.65. The normalized spacial score (nSPS) is 12.9. The van der Waals surface area contributed by atoms with Crippen LogP contribution < -0.4 is 4.74 Å². The number of ether oxygens (including phenoxy) is 1. The minimum absolute atomic E-state index is 0.274. The molecule has 0 N–H and O–H groups in total. The zero-order chi connectivity index (χ0) is 14.3. The van der Waals surface area contributed by atoms with E-state index in [9.17, 15) is 9.18 Å². The standard InChI is InChI=1S/C16H12ClFO2/c1-9-2-3-10(7-14(9)18)15(19)13-8-12(17)6-11-4-5-20-16(11)13/h2-3,6-8H,4-5H2,1H3. The van der Waals surface area contributed by atoms with Gasteiger partial charge in [0.1, 0.15) is 11.6 Å². The average Bonchev–Trinajstić information content (AvgIpc) is 2.88. The molecule has 1 aliphatic heterocycles. The van der Waals surface area contributed by atoms with Crippen molar-refractivity contribution in [1.29, 1.82) is 0 Å². The van der Waals surface area contributed by atoms with Gasteiger partial charge in [0, 0.05) is 17.0 Å². The molecule has 0 atom stereocenters. The summed E-state index contributed by atoms with van der Waals surface area (Å²) in [6.07, 6.45) is 0.735. The van der Waals surface area contributed by atoms with Crippen LogP contribution in [0.1, 0.15) is 27.0 Å². The summed E-state index contributed by atoms with van der Waals surface area (Å²) in [5, 5.41) is 0.491. The first kappa shape index (κ1) is 13.1. The molecule has 0 fully saturated rings. The lowest BCUT2D eigenvalue weighted by molar-refractivity contribution is 0.103. The van der Waals surface area contributed by atoms with Crippen LogP contribution in [0.15, 0.2) is 30.3 Å². The highest BCUT2D eigenvalue weighted by Crippen LogP contribution is 2.34. The van der Waals surface area contributed by atoms with Gasteiger partial charge in [0.05, 0.1) is 12.2 Å². The molecule has 20 heavy (non-hydrogen) atoms. The highest BCUT2D eigenvalue weighted by Gasteiger charge is 2.23. The molecular formula is C16H12ClFO2. The van der Waals surface area contributed by atoms with E-state index >= 15 is 0 Å². The largest absolute Gasteiger partial charge is 0.492 e. The van der Waals surface area contributed by atoms with E-state index in [1.54, 1.807) is 31.2 Å². The molecule has 1 heterocycles. The van der Waals surface area contributed by atoms with E-state index in [-0.39, 0.29) is 5.78 Å². The van der Waals surface area contributed by atoms with E-state index in [2.05, 4.69) is 0 Å². The number of aryl methyl sites for hydroxylation is 1. The number of hydrogen-bond acceptors (Lipinski definition) is 2. The quantitative estimate of drug-likeness (QED) is 0.783. The lowest BCUT2D eigenvalue weighted by atomic mass is 9.99. The fourth-order valence-electron chi connectivity index (χ4n) is 2.33. The van der Waals surface area contributed by atoms with Gasteiger partial charge in [0.15, 0.2) is 5.78 Å². The number of rotatable bonds is 2. The second-order valence-corrected chi connectivity index (χ2v) is 5.27.